The number of nitrogens with one attached hydrogen (secondary N) is 4. The van der Waals surface area contributed by atoms with E-state index in [9.17, 15) is 28.8 Å². The van der Waals surface area contributed by atoms with E-state index in [1.807, 2.05) is 32.9 Å². The summed E-state index contributed by atoms with van der Waals surface area (Å²) in [5.74, 6) is -3.56. The normalized spacial score (nSPS) is 11.5. The average Bonchev–Trinajstić information content (AvgIpc) is 3.08. The SMILES string of the molecule is COC(=O)C(CCCCNC(=O)CNC(=O)CNC(=O)OCC(C)(C)C)NC(C(=O)OCc1ccccc1)C(=O)OCc1ccccc1. The van der Waals surface area contributed by atoms with Gasteiger partial charge < -0.3 is 34.9 Å². The summed E-state index contributed by atoms with van der Waals surface area (Å²) in [6.45, 7) is 5.27. The van der Waals surface area contributed by atoms with Gasteiger partial charge in [-0.1, -0.05) is 81.4 Å². The van der Waals surface area contributed by atoms with Crippen molar-refractivity contribution in [3.8, 4) is 0 Å². The number of methoxy groups -OCH3 is 1. The third-order valence-corrected chi connectivity index (χ3v) is 6.49. The highest BCUT2D eigenvalue weighted by Gasteiger charge is 2.35. The fraction of sp³-hybridized carbons (Fsp3) is 0.471. The van der Waals surface area contributed by atoms with Crippen LogP contribution in [-0.2, 0) is 56.1 Å². The van der Waals surface area contributed by atoms with Crippen molar-refractivity contribution in [3.05, 3.63) is 71.8 Å². The zero-order valence-corrected chi connectivity index (χ0v) is 27.9. The molecule has 14 heteroatoms. The van der Waals surface area contributed by atoms with E-state index in [0.717, 1.165) is 0 Å². The molecule has 0 radical (unpaired) electrons. The van der Waals surface area contributed by atoms with Crippen LogP contribution >= 0.6 is 0 Å². The Bertz CT molecular complexity index is 1280. The van der Waals surface area contributed by atoms with Gasteiger partial charge in [0.15, 0.2) is 0 Å². The van der Waals surface area contributed by atoms with Gasteiger partial charge in [0, 0.05) is 6.54 Å². The molecule has 1 atom stereocenters. The first-order valence-electron chi connectivity index (χ1n) is 15.6. The van der Waals surface area contributed by atoms with Crippen molar-refractivity contribution in [2.75, 3.05) is 33.4 Å². The lowest BCUT2D eigenvalue weighted by Gasteiger charge is -2.22. The Morgan fingerprint density at radius 3 is 1.71 bits per heavy atom. The smallest absolute Gasteiger partial charge is 0.407 e. The molecule has 0 saturated carbocycles. The Morgan fingerprint density at radius 1 is 0.667 bits per heavy atom. The molecular formula is C34H46N4O10. The Balaban J connectivity index is 1.84. The van der Waals surface area contributed by atoms with Crippen LogP contribution in [0.15, 0.2) is 60.7 Å². The van der Waals surface area contributed by atoms with Gasteiger partial charge in [-0.3, -0.25) is 19.7 Å². The summed E-state index contributed by atoms with van der Waals surface area (Å²) in [5.41, 5.74) is 1.20. The molecule has 0 aliphatic rings. The van der Waals surface area contributed by atoms with E-state index < -0.39 is 47.9 Å². The van der Waals surface area contributed by atoms with Crippen LogP contribution in [-0.4, -0.2) is 81.3 Å². The van der Waals surface area contributed by atoms with Crippen molar-refractivity contribution < 1.29 is 47.7 Å². The molecule has 14 nitrogen and oxygen atoms in total. The second kappa shape index (κ2) is 21.0. The Labute approximate surface area is 280 Å². The first kappa shape index (κ1) is 39.2. The van der Waals surface area contributed by atoms with Crippen LogP contribution in [0, 0.1) is 5.41 Å². The molecule has 0 spiro atoms. The van der Waals surface area contributed by atoms with Gasteiger partial charge in [0.2, 0.25) is 17.9 Å². The van der Waals surface area contributed by atoms with E-state index in [1.165, 1.54) is 7.11 Å². The van der Waals surface area contributed by atoms with Crippen LogP contribution < -0.4 is 21.3 Å². The van der Waals surface area contributed by atoms with Crippen LogP contribution in [0.4, 0.5) is 4.79 Å². The molecule has 0 saturated heterocycles. The fourth-order valence-electron chi connectivity index (χ4n) is 3.96. The quantitative estimate of drug-likeness (QED) is 0.0742. The molecule has 1 unspecified atom stereocenters. The van der Waals surface area contributed by atoms with E-state index in [4.69, 9.17) is 18.9 Å². The standard InChI is InChI=1S/C34H46N4O10/c1-34(2,3)23-48-33(44)37-20-28(40)36-19-27(39)35-18-12-11-17-26(30(41)45-4)38-29(31(42)46-21-24-13-7-5-8-14-24)32(43)47-22-25-15-9-6-10-16-25/h5-10,13-16,26,29,38H,11-12,17-23H2,1-4H3,(H,35,39)(H,36,40)(H,37,44). The zero-order chi connectivity index (χ0) is 35.4. The molecule has 4 N–H and O–H groups in total. The number of carbonyl (C=O) groups excluding carboxylic acids is 6. The van der Waals surface area contributed by atoms with E-state index in [1.54, 1.807) is 48.5 Å². The Morgan fingerprint density at radius 2 is 1.19 bits per heavy atom. The highest BCUT2D eigenvalue weighted by molar-refractivity contribution is 5.99. The first-order chi connectivity index (χ1) is 22.9. The van der Waals surface area contributed by atoms with Crippen molar-refractivity contribution >= 4 is 35.8 Å². The van der Waals surface area contributed by atoms with E-state index >= 15 is 0 Å². The molecule has 3 amide bonds. The van der Waals surface area contributed by atoms with Gasteiger partial charge in [0.1, 0.15) is 25.8 Å². The van der Waals surface area contributed by atoms with Gasteiger partial charge in [-0.15, -0.1) is 0 Å². The topological polar surface area (TPSA) is 187 Å². The van der Waals surface area contributed by atoms with Gasteiger partial charge in [-0.25, -0.2) is 14.4 Å². The van der Waals surface area contributed by atoms with Crippen LogP contribution in [0.3, 0.4) is 0 Å². The van der Waals surface area contributed by atoms with E-state index in [2.05, 4.69) is 21.3 Å². The summed E-state index contributed by atoms with van der Waals surface area (Å²) < 4.78 is 20.7. The lowest BCUT2D eigenvalue weighted by molar-refractivity contribution is -0.161. The number of hydrogen-bond donors (Lipinski definition) is 4. The minimum atomic E-state index is -1.61. The highest BCUT2D eigenvalue weighted by Crippen LogP contribution is 2.13. The van der Waals surface area contributed by atoms with Gasteiger partial charge >= 0.3 is 24.0 Å². The molecule has 0 aromatic heterocycles. The molecular weight excluding hydrogens is 624 g/mol. The largest absolute Gasteiger partial charge is 0.468 e. The van der Waals surface area contributed by atoms with Crippen molar-refractivity contribution in [2.45, 2.75) is 65.3 Å². The maximum absolute atomic E-state index is 13.1. The number of amides is 3. The third-order valence-electron chi connectivity index (χ3n) is 6.49. The number of hydrogen-bond acceptors (Lipinski definition) is 11. The van der Waals surface area contributed by atoms with Crippen molar-refractivity contribution in [1.82, 2.24) is 21.3 Å². The maximum Gasteiger partial charge on any atom is 0.407 e. The molecule has 2 rings (SSSR count). The zero-order valence-electron chi connectivity index (χ0n) is 27.9. The predicted molar refractivity (Wildman–Crippen MR) is 174 cm³/mol. The van der Waals surface area contributed by atoms with Gasteiger partial charge in [0.25, 0.3) is 0 Å². The van der Waals surface area contributed by atoms with Crippen LogP contribution in [0.5, 0.6) is 0 Å². The Hall–Kier alpha value is -4.98. The monoisotopic (exact) mass is 670 g/mol. The van der Waals surface area contributed by atoms with Crippen molar-refractivity contribution in [2.24, 2.45) is 5.41 Å². The summed E-state index contributed by atoms with van der Waals surface area (Å²) in [6, 6.07) is 15.1. The molecule has 2 aromatic rings. The van der Waals surface area contributed by atoms with Gasteiger partial charge in [0.05, 0.1) is 20.3 Å². The molecule has 0 heterocycles. The molecule has 48 heavy (non-hydrogen) atoms. The van der Waals surface area contributed by atoms with Crippen molar-refractivity contribution in [3.63, 3.8) is 0 Å². The van der Waals surface area contributed by atoms with Crippen molar-refractivity contribution in [1.29, 1.82) is 0 Å². The van der Waals surface area contributed by atoms with Gasteiger partial charge in [-0.2, -0.15) is 0 Å². The molecule has 2 aromatic carbocycles. The summed E-state index contributed by atoms with van der Waals surface area (Å²) in [6.07, 6.45) is 0.247. The first-order valence-corrected chi connectivity index (χ1v) is 15.6. The number of ether oxygens (including phenoxy) is 4. The second-order valence-electron chi connectivity index (χ2n) is 12.0. The number of carbonyl (C=O) groups is 6. The Kier molecular flexibility index (Phi) is 17.2. The number of esters is 3. The molecule has 0 aliphatic heterocycles. The van der Waals surface area contributed by atoms with Gasteiger partial charge in [-0.05, 0) is 35.8 Å². The third kappa shape index (κ3) is 16.5. The number of rotatable bonds is 19. The number of unbranched alkanes of at least 4 members (excludes halogenated alkanes) is 1. The lowest BCUT2D eigenvalue weighted by atomic mass is 9.99. The van der Waals surface area contributed by atoms with Crippen LogP contribution in [0.25, 0.3) is 0 Å². The van der Waals surface area contributed by atoms with E-state index in [-0.39, 0.29) is 51.3 Å². The molecule has 0 fully saturated rings. The summed E-state index contributed by atoms with van der Waals surface area (Å²) in [4.78, 5) is 74.5. The lowest BCUT2D eigenvalue weighted by Crippen LogP contribution is -2.52. The van der Waals surface area contributed by atoms with E-state index in [0.29, 0.717) is 24.0 Å². The average molecular weight is 671 g/mol. The molecule has 0 aliphatic carbocycles. The fourth-order valence-corrected chi connectivity index (χ4v) is 3.96. The summed E-state index contributed by atoms with van der Waals surface area (Å²) in [7, 11) is 1.19. The minimum Gasteiger partial charge on any atom is -0.468 e. The van der Waals surface area contributed by atoms with Crippen LogP contribution in [0.1, 0.15) is 51.2 Å². The summed E-state index contributed by atoms with van der Waals surface area (Å²) >= 11 is 0. The molecule has 0 bridgehead atoms. The van der Waals surface area contributed by atoms with Crippen LogP contribution in [0.2, 0.25) is 0 Å². The number of alkyl carbamates (subject to hydrolysis) is 1. The summed E-state index contributed by atoms with van der Waals surface area (Å²) in [5, 5.41) is 10.1. The second-order valence-corrected chi connectivity index (χ2v) is 12.0. The maximum atomic E-state index is 13.1. The predicted octanol–water partition coefficient (Wildman–Crippen LogP) is 2.15. The highest BCUT2D eigenvalue weighted by atomic mass is 16.6. The molecule has 262 valence electrons. The number of benzene rings is 2. The minimum absolute atomic E-state index is 0.0899.